The van der Waals surface area contributed by atoms with Crippen LogP contribution in [-0.2, 0) is 11.3 Å². The number of carbonyl (C=O) groups excluding carboxylic acids is 1. The number of nitrogens with zero attached hydrogens (tertiary/aromatic N) is 2. The lowest BCUT2D eigenvalue weighted by Crippen LogP contribution is -2.05. The van der Waals surface area contributed by atoms with Crippen molar-refractivity contribution < 1.29 is 9.53 Å². The van der Waals surface area contributed by atoms with Gasteiger partial charge >= 0.3 is 5.97 Å². The predicted molar refractivity (Wildman–Crippen MR) is 81.0 cm³/mol. The average molecular weight is 302 g/mol. The summed E-state index contributed by atoms with van der Waals surface area (Å²) < 4.78 is 4.93. The molecule has 2 heterocycles. The SMILES string of the molecule is CCOC(=O)c1sc(NCc2cccnc2)c(C#N)c1N. The van der Waals surface area contributed by atoms with Gasteiger partial charge in [0.05, 0.1) is 12.3 Å². The molecule has 0 fully saturated rings. The molecule has 0 aliphatic carbocycles. The van der Waals surface area contributed by atoms with Crippen LogP contribution in [0.25, 0.3) is 0 Å². The van der Waals surface area contributed by atoms with Gasteiger partial charge in [0.2, 0.25) is 0 Å². The molecule has 2 aromatic heterocycles. The quantitative estimate of drug-likeness (QED) is 0.822. The van der Waals surface area contributed by atoms with Gasteiger partial charge in [0.1, 0.15) is 21.5 Å². The van der Waals surface area contributed by atoms with Crippen molar-refractivity contribution in [2.75, 3.05) is 17.7 Å². The van der Waals surface area contributed by atoms with E-state index in [1.165, 1.54) is 0 Å². The Labute approximate surface area is 126 Å². The summed E-state index contributed by atoms with van der Waals surface area (Å²) >= 11 is 1.12. The lowest BCUT2D eigenvalue weighted by atomic mass is 10.2. The van der Waals surface area contributed by atoms with Crippen LogP contribution in [0.5, 0.6) is 0 Å². The van der Waals surface area contributed by atoms with E-state index in [4.69, 9.17) is 10.5 Å². The Bertz CT molecular complexity index is 676. The van der Waals surface area contributed by atoms with Crippen molar-refractivity contribution in [1.82, 2.24) is 4.98 Å². The minimum absolute atomic E-state index is 0.162. The minimum Gasteiger partial charge on any atom is -0.462 e. The number of nitriles is 1. The van der Waals surface area contributed by atoms with Crippen molar-refractivity contribution in [3.8, 4) is 6.07 Å². The first kappa shape index (κ1) is 14.8. The third-order valence-electron chi connectivity index (χ3n) is 2.69. The largest absolute Gasteiger partial charge is 0.462 e. The molecule has 0 aliphatic rings. The summed E-state index contributed by atoms with van der Waals surface area (Å²) in [5.41, 5.74) is 7.25. The number of ether oxygens (including phenoxy) is 1. The second-order valence-corrected chi connectivity index (χ2v) is 5.12. The molecule has 108 valence electrons. The summed E-state index contributed by atoms with van der Waals surface area (Å²) in [6.07, 6.45) is 3.41. The molecule has 0 aliphatic heterocycles. The van der Waals surface area contributed by atoms with Crippen molar-refractivity contribution in [1.29, 1.82) is 5.26 Å². The molecule has 7 heteroatoms. The van der Waals surface area contributed by atoms with E-state index in [9.17, 15) is 10.1 Å². The molecule has 0 amide bonds. The normalized spacial score (nSPS) is 9.90. The Kier molecular flexibility index (Phi) is 4.74. The van der Waals surface area contributed by atoms with E-state index in [0.717, 1.165) is 16.9 Å². The average Bonchev–Trinajstić information content (AvgIpc) is 2.82. The van der Waals surface area contributed by atoms with E-state index in [1.807, 2.05) is 18.2 Å². The van der Waals surface area contributed by atoms with Crippen molar-refractivity contribution in [3.63, 3.8) is 0 Å². The van der Waals surface area contributed by atoms with Gasteiger partial charge in [-0.3, -0.25) is 4.98 Å². The third kappa shape index (κ3) is 3.30. The summed E-state index contributed by atoms with van der Waals surface area (Å²) in [7, 11) is 0. The number of hydrogen-bond donors (Lipinski definition) is 2. The lowest BCUT2D eigenvalue weighted by Gasteiger charge is -2.03. The number of hydrogen-bond acceptors (Lipinski definition) is 7. The number of esters is 1. The topological polar surface area (TPSA) is 101 Å². The van der Waals surface area contributed by atoms with Crippen LogP contribution in [0, 0.1) is 11.3 Å². The van der Waals surface area contributed by atoms with Crippen molar-refractivity contribution in [2.24, 2.45) is 0 Å². The zero-order valence-corrected chi connectivity index (χ0v) is 12.2. The van der Waals surface area contributed by atoms with E-state index in [0.29, 0.717) is 11.5 Å². The van der Waals surface area contributed by atoms with Gasteiger partial charge in [-0.2, -0.15) is 5.26 Å². The Balaban J connectivity index is 2.21. The molecule has 0 radical (unpaired) electrons. The summed E-state index contributed by atoms with van der Waals surface area (Å²) in [6.45, 7) is 2.47. The fourth-order valence-corrected chi connectivity index (χ4v) is 2.67. The molecule has 0 atom stereocenters. The van der Waals surface area contributed by atoms with E-state index in [2.05, 4.69) is 10.3 Å². The molecule has 21 heavy (non-hydrogen) atoms. The third-order valence-corrected chi connectivity index (χ3v) is 3.84. The van der Waals surface area contributed by atoms with Gasteiger partial charge in [-0.05, 0) is 18.6 Å². The lowest BCUT2D eigenvalue weighted by molar-refractivity contribution is 0.0533. The molecule has 0 aromatic carbocycles. The zero-order valence-electron chi connectivity index (χ0n) is 11.4. The fourth-order valence-electron chi connectivity index (χ4n) is 1.71. The Morgan fingerprint density at radius 3 is 3.05 bits per heavy atom. The van der Waals surface area contributed by atoms with Gasteiger partial charge < -0.3 is 15.8 Å². The standard InChI is InChI=1S/C14H14N4O2S/c1-2-20-14(19)12-11(16)10(6-15)13(21-12)18-8-9-4-3-5-17-7-9/h3-5,7,18H,2,8,16H2,1H3. The molecule has 0 saturated heterocycles. The predicted octanol–water partition coefficient (Wildman–Crippen LogP) is 2.39. The number of carbonyl (C=O) groups is 1. The molecule has 2 rings (SSSR count). The molecule has 0 bridgehead atoms. The van der Waals surface area contributed by atoms with Gasteiger partial charge in [-0.1, -0.05) is 6.07 Å². The van der Waals surface area contributed by atoms with Crippen LogP contribution < -0.4 is 11.1 Å². The number of thiophene rings is 1. The monoisotopic (exact) mass is 302 g/mol. The smallest absolute Gasteiger partial charge is 0.350 e. The van der Waals surface area contributed by atoms with Gasteiger partial charge in [0.15, 0.2) is 0 Å². The van der Waals surface area contributed by atoms with E-state index in [1.54, 1.807) is 19.3 Å². The first-order valence-corrected chi connectivity index (χ1v) is 7.11. The van der Waals surface area contributed by atoms with Crippen molar-refractivity contribution >= 4 is 28.0 Å². The highest BCUT2D eigenvalue weighted by Gasteiger charge is 2.21. The molecule has 0 saturated carbocycles. The molecule has 2 aromatic rings. The second kappa shape index (κ2) is 6.72. The maximum Gasteiger partial charge on any atom is 0.350 e. The number of aromatic nitrogens is 1. The second-order valence-electron chi connectivity index (χ2n) is 4.10. The van der Waals surface area contributed by atoms with Crippen LogP contribution in [0.15, 0.2) is 24.5 Å². The summed E-state index contributed by atoms with van der Waals surface area (Å²) in [5, 5.41) is 12.9. The molecule has 3 N–H and O–H groups in total. The molecular formula is C14H14N4O2S. The summed E-state index contributed by atoms with van der Waals surface area (Å²) in [4.78, 5) is 16.0. The van der Waals surface area contributed by atoms with Crippen LogP contribution in [0.4, 0.5) is 10.7 Å². The van der Waals surface area contributed by atoms with Gasteiger partial charge in [0.25, 0.3) is 0 Å². The van der Waals surface area contributed by atoms with Crippen LogP contribution >= 0.6 is 11.3 Å². The number of pyridine rings is 1. The Morgan fingerprint density at radius 2 is 2.43 bits per heavy atom. The van der Waals surface area contributed by atoms with Crippen LogP contribution in [0.2, 0.25) is 0 Å². The fraction of sp³-hybridized carbons (Fsp3) is 0.214. The molecule has 0 unspecified atom stereocenters. The van der Waals surface area contributed by atoms with E-state index in [-0.39, 0.29) is 22.7 Å². The first-order chi connectivity index (χ1) is 10.2. The number of nitrogens with two attached hydrogens (primary N) is 1. The van der Waals surface area contributed by atoms with Crippen LogP contribution in [-0.4, -0.2) is 17.6 Å². The number of rotatable bonds is 5. The van der Waals surface area contributed by atoms with E-state index >= 15 is 0 Å². The maximum absolute atomic E-state index is 11.8. The van der Waals surface area contributed by atoms with Crippen LogP contribution in [0.1, 0.15) is 27.7 Å². The highest BCUT2D eigenvalue weighted by molar-refractivity contribution is 7.18. The minimum atomic E-state index is -0.508. The summed E-state index contributed by atoms with van der Waals surface area (Å²) in [5.74, 6) is -0.508. The van der Waals surface area contributed by atoms with Crippen molar-refractivity contribution in [3.05, 3.63) is 40.5 Å². The Hall–Kier alpha value is -2.59. The highest BCUT2D eigenvalue weighted by atomic mass is 32.1. The van der Waals surface area contributed by atoms with Crippen LogP contribution in [0.3, 0.4) is 0 Å². The molecular weight excluding hydrogens is 288 g/mol. The van der Waals surface area contributed by atoms with Gasteiger partial charge in [-0.25, -0.2) is 4.79 Å². The molecule has 6 nitrogen and oxygen atoms in total. The maximum atomic E-state index is 11.8. The summed E-state index contributed by atoms with van der Waals surface area (Å²) in [6, 6.07) is 5.76. The van der Waals surface area contributed by atoms with E-state index < -0.39 is 5.97 Å². The zero-order chi connectivity index (χ0) is 15.2. The number of nitrogens with one attached hydrogen (secondary N) is 1. The van der Waals surface area contributed by atoms with Gasteiger partial charge in [-0.15, -0.1) is 11.3 Å². The number of anilines is 2. The molecule has 0 spiro atoms. The van der Waals surface area contributed by atoms with Crippen molar-refractivity contribution in [2.45, 2.75) is 13.5 Å². The highest BCUT2D eigenvalue weighted by Crippen LogP contribution is 2.35. The Morgan fingerprint density at radius 1 is 1.62 bits per heavy atom. The first-order valence-electron chi connectivity index (χ1n) is 6.29. The number of nitrogen functional groups attached to an aromatic ring is 1. The van der Waals surface area contributed by atoms with Gasteiger partial charge in [0, 0.05) is 18.9 Å².